The van der Waals surface area contributed by atoms with Crippen molar-refractivity contribution in [2.45, 2.75) is 52.7 Å². The number of amides is 2. The Labute approximate surface area is 148 Å². The number of hydrogen-bond donors (Lipinski definition) is 1. The molecule has 1 aromatic carbocycles. The van der Waals surface area contributed by atoms with Gasteiger partial charge >= 0.3 is 12.2 Å². The quantitative estimate of drug-likeness (QED) is 0.721. The molecule has 0 saturated carbocycles. The number of fused-ring (bicyclic) bond motifs is 1. The maximum Gasteiger partial charge on any atom is 0.414 e. The summed E-state index contributed by atoms with van der Waals surface area (Å²) >= 11 is 0. The second-order valence-corrected chi connectivity index (χ2v) is 8.01. The summed E-state index contributed by atoms with van der Waals surface area (Å²) in [5.41, 5.74) is 6.27. The summed E-state index contributed by atoms with van der Waals surface area (Å²) in [6.45, 7) is 11.5. The summed E-state index contributed by atoms with van der Waals surface area (Å²) in [7, 11) is 0. The van der Waals surface area contributed by atoms with Gasteiger partial charge in [0.25, 0.3) is 0 Å². The molecule has 0 fully saturated rings. The van der Waals surface area contributed by atoms with Gasteiger partial charge in [0.05, 0.1) is 11.4 Å². The van der Waals surface area contributed by atoms with Crippen LogP contribution < -0.4 is 15.5 Å². The highest BCUT2D eigenvalue weighted by Gasteiger charge is 2.34. The van der Waals surface area contributed by atoms with Crippen LogP contribution in [0.2, 0.25) is 0 Å². The van der Waals surface area contributed by atoms with Gasteiger partial charge in [0.2, 0.25) is 0 Å². The third-order valence-electron chi connectivity index (χ3n) is 3.36. The van der Waals surface area contributed by atoms with Crippen LogP contribution in [-0.2, 0) is 9.47 Å². The van der Waals surface area contributed by atoms with E-state index in [4.69, 9.17) is 15.2 Å². The number of nitrogen functional groups attached to an aromatic ring is 1. The van der Waals surface area contributed by atoms with Gasteiger partial charge in [0, 0.05) is 18.8 Å². The summed E-state index contributed by atoms with van der Waals surface area (Å²) < 4.78 is 10.9. The first-order valence-corrected chi connectivity index (χ1v) is 8.28. The summed E-state index contributed by atoms with van der Waals surface area (Å²) in [6.07, 6.45) is -0.925. The molecule has 25 heavy (non-hydrogen) atoms. The topological polar surface area (TPSA) is 85.1 Å². The van der Waals surface area contributed by atoms with Gasteiger partial charge in [-0.05, 0) is 59.7 Å². The smallest absolute Gasteiger partial charge is 0.414 e. The van der Waals surface area contributed by atoms with Gasteiger partial charge in [-0.3, -0.25) is 9.80 Å². The van der Waals surface area contributed by atoms with Crippen LogP contribution in [0.15, 0.2) is 18.2 Å². The number of ether oxygens (including phenoxy) is 2. The van der Waals surface area contributed by atoms with Gasteiger partial charge in [-0.15, -0.1) is 0 Å². The monoisotopic (exact) mass is 349 g/mol. The zero-order valence-corrected chi connectivity index (χ0v) is 15.8. The fourth-order valence-corrected chi connectivity index (χ4v) is 2.44. The third kappa shape index (κ3) is 4.78. The number of benzene rings is 1. The maximum atomic E-state index is 12.5. The first kappa shape index (κ1) is 18.9. The van der Waals surface area contributed by atoms with Gasteiger partial charge in [-0.25, -0.2) is 9.59 Å². The SMILES string of the molecule is CC(C)(C)OC(=O)N1CCN(C(=O)OC(C)(C)C)c2cc(N)ccc21. The van der Waals surface area contributed by atoms with Crippen molar-refractivity contribution in [3.8, 4) is 0 Å². The van der Waals surface area contributed by atoms with Crippen LogP contribution in [0.4, 0.5) is 26.7 Å². The van der Waals surface area contributed by atoms with Gasteiger partial charge < -0.3 is 15.2 Å². The minimum Gasteiger partial charge on any atom is -0.443 e. The van der Waals surface area contributed by atoms with E-state index in [1.54, 1.807) is 18.2 Å². The van der Waals surface area contributed by atoms with Gasteiger partial charge in [0.1, 0.15) is 11.2 Å². The van der Waals surface area contributed by atoms with Crippen LogP contribution in [0, 0.1) is 0 Å². The molecule has 0 spiro atoms. The molecule has 7 nitrogen and oxygen atoms in total. The lowest BCUT2D eigenvalue weighted by atomic mass is 10.1. The first-order chi connectivity index (χ1) is 11.4. The Morgan fingerprint density at radius 1 is 0.880 bits per heavy atom. The van der Waals surface area contributed by atoms with E-state index >= 15 is 0 Å². The highest BCUT2D eigenvalue weighted by molar-refractivity contribution is 6.01. The molecule has 2 amide bonds. The lowest BCUT2D eigenvalue weighted by Gasteiger charge is -2.37. The van der Waals surface area contributed by atoms with Crippen LogP contribution >= 0.6 is 0 Å². The second kappa shape index (κ2) is 6.46. The molecule has 0 aromatic heterocycles. The number of rotatable bonds is 0. The number of anilines is 3. The molecule has 0 unspecified atom stereocenters. The summed E-state index contributed by atoms with van der Waals surface area (Å²) in [4.78, 5) is 28.0. The molecule has 2 rings (SSSR count). The molecule has 0 bridgehead atoms. The van der Waals surface area contributed by atoms with Crippen molar-refractivity contribution in [3.63, 3.8) is 0 Å². The third-order valence-corrected chi connectivity index (χ3v) is 3.36. The number of nitrogens with zero attached hydrogens (tertiary/aromatic N) is 2. The highest BCUT2D eigenvalue weighted by atomic mass is 16.6. The van der Waals surface area contributed by atoms with Crippen molar-refractivity contribution >= 4 is 29.2 Å². The second-order valence-electron chi connectivity index (χ2n) is 8.01. The molecule has 138 valence electrons. The average Bonchev–Trinajstić information content (AvgIpc) is 2.41. The van der Waals surface area contributed by atoms with Crippen molar-refractivity contribution in [3.05, 3.63) is 18.2 Å². The first-order valence-electron chi connectivity index (χ1n) is 8.28. The van der Waals surface area contributed by atoms with Gasteiger partial charge in [-0.1, -0.05) is 0 Å². The van der Waals surface area contributed by atoms with Crippen molar-refractivity contribution in [1.29, 1.82) is 0 Å². The molecule has 0 radical (unpaired) electrons. The maximum absolute atomic E-state index is 12.5. The van der Waals surface area contributed by atoms with Crippen molar-refractivity contribution < 1.29 is 19.1 Å². The number of hydrogen-bond acceptors (Lipinski definition) is 5. The lowest BCUT2D eigenvalue weighted by molar-refractivity contribution is 0.0544. The Bertz CT molecular complexity index is 674. The summed E-state index contributed by atoms with van der Waals surface area (Å²) in [5.74, 6) is 0. The Hall–Kier alpha value is -2.44. The Morgan fingerprint density at radius 2 is 1.32 bits per heavy atom. The zero-order valence-electron chi connectivity index (χ0n) is 15.8. The Morgan fingerprint density at radius 3 is 1.76 bits per heavy atom. The van der Waals surface area contributed by atoms with E-state index in [0.29, 0.717) is 30.2 Å². The van der Waals surface area contributed by atoms with E-state index in [2.05, 4.69) is 0 Å². The molecule has 0 saturated heterocycles. The van der Waals surface area contributed by atoms with E-state index in [-0.39, 0.29) is 0 Å². The van der Waals surface area contributed by atoms with E-state index in [1.165, 1.54) is 9.80 Å². The largest absolute Gasteiger partial charge is 0.443 e. The minimum absolute atomic E-state index is 0.296. The van der Waals surface area contributed by atoms with Crippen LogP contribution in [-0.4, -0.2) is 36.5 Å². The molecule has 0 atom stereocenters. The van der Waals surface area contributed by atoms with E-state index in [1.807, 2.05) is 41.5 Å². The minimum atomic E-state index is -0.611. The van der Waals surface area contributed by atoms with Crippen molar-refractivity contribution in [1.82, 2.24) is 0 Å². The zero-order chi connectivity index (χ0) is 19.0. The molecule has 2 N–H and O–H groups in total. The predicted molar refractivity (Wildman–Crippen MR) is 98.0 cm³/mol. The van der Waals surface area contributed by atoms with Crippen molar-refractivity contribution in [2.75, 3.05) is 28.6 Å². The predicted octanol–water partition coefficient (Wildman–Crippen LogP) is 3.77. The number of nitrogens with two attached hydrogens (primary N) is 1. The van der Waals surface area contributed by atoms with Crippen LogP contribution in [0.3, 0.4) is 0 Å². The van der Waals surface area contributed by atoms with E-state index in [0.717, 1.165) is 0 Å². The molecule has 1 aliphatic rings. The Balaban J connectivity index is 2.35. The normalized spacial score (nSPS) is 14.8. The van der Waals surface area contributed by atoms with E-state index < -0.39 is 23.4 Å². The van der Waals surface area contributed by atoms with Crippen LogP contribution in [0.5, 0.6) is 0 Å². The Kier molecular flexibility index (Phi) is 4.88. The molecule has 1 heterocycles. The standard InChI is InChI=1S/C18H27N3O4/c1-17(2,3)24-15(22)20-9-10-21(16(23)25-18(4,5)6)14-11-12(19)7-8-13(14)20/h7-8,11H,9-10,19H2,1-6H3. The van der Waals surface area contributed by atoms with Crippen molar-refractivity contribution in [2.24, 2.45) is 0 Å². The summed E-state index contributed by atoms with van der Waals surface area (Å²) in [6, 6.07) is 5.07. The molecular formula is C18H27N3O4. The fourth-order valence-electron chi connectivity index (χ4n) is 2.44. The molecule has 0 aliphatic carbocycles. The lowest BCUT2D eigenvalue weighted by Crippen LogP contribution is -2.49. The van der Waals surface area contributed by atoms with Crippen LogP contribution in [0.1, 0.15) is 41.5 Å². The van der Waals surface area contributed by atoms with E-state index in [9.17, 15) is 9.59 Å². The molecular weight excluding hydrogens is 322 g/mol. The molecule has 7 heteroatoms. The van der Waals surface area contributed by atoms with Crippen LogP contribution in [0.25, 0.3) is 0 Å². The number of carbonyl (C=O) groups excluding carboxylic acids is 2. The molecule has 1 aromatic rings. The van der Waals surface area contributed by atoms with Gasteiger partial charge in [-0.2, -0.15) is 0 Å². The number of carbonyl (C=O) groups is 2. The fraction of sp³-hybridized carbons (Fsp3) is 0.556. The average molecular weight is 349 g/mol. The molecule has 1 aliphatic heterocycles. The summed E-state index contributed by atoms with van der Waals surface area (Å²) in [5, 5.41) is 0. The van der Waals surface area contributed by atoms with Gasteiger partial charge in [0.15, 0.2) is 0 Å². The highest BCUT2D eigenvalue weighted by Crippen LogP contribution is 2.36.